The van der Waals surface area contributed by atoms with Gasteiger partial charge in [-0.15, -0.1) is 11.3 Å². The maximum atomic E-state index is 4.10. The molecule has 0 bridgehead atoms. The first-order chi connectivity index (χ1) is 9.34. The molecule has 1 unspecified atom stereocenters. The van der Waals surface area contributed by atoms with Gasteiger partial charge in [0.25, 0.3) is 0 Å². The molecule has 2 nitrogen and oxygen atoms in total. The highest BCUT2D eigenvalue weighted by molar-refractivity contribution is 7.09. The topological polar surface area (TPSA) is 24.9 Å². The van der Waals surface area contributed by atoms with E-state index in [9.17, 15) is 0 Å². The third-order valence-corrected chi connectivity index (χ3v) is 4.14. The summed E-state index contributed by atoms with van der Waals surface area (Å²) in [6.07, 6.45) is 1.92. The Hall–Kier alpha value is -1.71. The zero-order valence-corrected chi connectivity index (χ0v) is 11.7. The lowest BCUT2D eigenvalue weighted by atomic mass is 10.00. The Bertz CT molecular complexity index is 656. The summed E-state index contributed by atoms with van der Waals surface area (Å²) >= 11 is 1.69. The molecule has 2 aromatic carbocycles. The minimum atomic E-state index is 0.327. The van der Waals surface area contributed by atoms with Crippen LogP contribution in [0.5, 0.6) is 0 Å². The van der Waals surface area contributed by atoms with Crippen molar-refractivity contribution >= 4 is 22.1 Å². The summed E-state index contributed by atoms with van der Waals surface area (Å²) in [4.78, 5) is 5.37. The molecule has 19 heavy (non-hydrogen) atoms. The lowest BCUT2D eigenvalue weighted by Crippen LogP contribution is -2.17. The highest BCUT2D eigenvalue weighted by Crippen LogP contribution is 2.24. The molecule has 1 atom stereocenters. The zero-order valence-electron chi connectivity index (χ0n) is 10.8. The molecule has 0 saturated carbocycles. The van der Waals surface area contributed by atoms with Crippen LogP contribution >= 0.6 is 11.3 Å². The summed E-state index contributed by atoms with van der Waals surface area (Å²) in [7, 11) is 0. The van der Waals surface area contributed by atoms with Gasteiger partial charge in [-0.05, 0) is 23.3 Å². The van der Waals surface area contributed by atoms with Crippen LogP contribution in [0, 0.1) is 0 Å². The van der Waals surface area contributed by atoms with Crippen molar-refractivity contribution in [1.29, 1.82) is 0 Å². The molecule has 96 valence electrons. The van der Waals surface area contributed by atoms with Crippen molar-refractivity contribution in [2.24, 2.45) is 0 Å². The highest BCUT2D eigenvalue weighted by Gasteiger charge is 2.08. The van der Waals surface area contributed by atoms with Crippen molar-refractivity contribution in [2.75, 3.05) is 0 Å². The SMILES string of the molecule is CC(NCc1cncs1)c1cccc2ccccc12. The Balaban J connectivity index is 1.83. The number of aromatic nitrogens is 1. The molecule has 3 heteroatoms. The van der Waals surface area contributed by atoms with Crippen molar-refractivity contribution in [3.8, 4) is 0 Å². The van der Waals surface area contributed by atoms with E-state index in [-0.39, 0.29) is 0 Å². The molecule has 0 aliphatic rings. The van der Waals surface area contributed by atoms with Crippen LogP contribution in [0.25, 0.3) is 10.8 Å². The number of benzene rings is 2. The second-order valence-corrected chi connectivity index (χ2v) is 5.61. The van der Waals surface area contributed by atoms with Crippen molar-refractivity contribution in [3.05, 3.63) is 64.6 Å². The van der Waals surface area contributed by atoms with Gasteiger partial charge in [-0.25, -0.2) is 0 Å². The van der Waals surface area contributed by atoms with Crippen LogP contribution in [0.1, 0.15) is 23.4 Å². The van der Waals surface area contributed by atoms with Crippen molar-refractivity contribution in [1.82, 2.24) is 10.3 Å². The maximum Gasteiger partial charge on any atom is 0.0794 e. The lowest BCUT2D eigenvalue weighted by molar-refractivity contribution is 0.582. The fourth-order valence-corrected chi connectivity index (χ4v) is 2.87. The summed E-state index contributed by atoms with van der Waals surface area (Å²) in [5.41, 5.74) is 3.22. The van der Waals surface area contributed by atoms with Crippen molar-refractivity contribution < 1.29 is 0 Å². The van der Waals surface area contributed by atoms with Gasteiger partial charge in [0.2, 0.25) is 0 Å². The van der Waals surface area contributed by atoms with Crippen LogP contribution in [0.3, 0.4) is 0 Å². The van der Waals surface area contributed by atoms with Crippen LogP contribution in [0.4, 0.5) is 0 Å². The minimum absolute atomic E-state index is 0.327. The Labute approximate surface area is 117 Å². The second kappa shape index (κ2) is 5.51. The van der Waals surface area contributed by atoms with E-state index in [1.165, 1.54) is 21.2 Å². The smallest absolute Gasteiger partial charge is 0.0794 e. The largest absolute Gasteiger partial charge is 0.305 e. The predicted molar refractivity (Wildman–Crippen MR) is 81.3 cm³/mol. The van der Waals surface area contributed by atoms with Crippen LogP contribution in [-0.4, -0.2) is 4.98 Å². The van der Waals surface area contributed by atoms with E-state index in [1.54, 1.807) is 11.3 Å². The van der Waals surface area contributed by atoms with Crippen molar-refractivity contribution in [2.45, 2.75) is 19.5 Å². The lowest BCUT2D eigenvalue weighted by Gasteiger charge is -2.16. The first-order valence-corrected chi connectivity index (χ1v) is 7.31. The summed E-state index contributed by atoms with van der Waals surface area (Å²) < 4.78 is 0. The quantitative estimate of drug-likeness (QED) is 0.769. The standard InChI is InChI=1S/C16H16N2S/c1-12(18-10-14-9-17-11-19-14)15-8-4-6-13-5-2-3-7-16(13)15/h2-9,11-12,18H,10H2,1H3. The first-order valence-electron chi connectivity index (χ1n) is 6.43. The van der Waals surface area contributed by atoms with Crippen LogP contribution in [-0.2, 0) is 6.54 Å². The van der Waals surface area contributed by atoms with Crippen LogP contribution < -0.4 is 5.32 Å². The number of rotatable bonds is 4. The summed E-state index contributed by atoms with van der Waals surface area (Å²) in [6, 6.07) is 15.4. The average Bonchev–Trinajstić information content (AvgIpc) is 2.97. The Morgan fingerprint density at radius 1 is 1.16 bits per heavy atom. The third kappa shape index (κ3) is 2.67. The molecule has 1 N–H and O–H groups in total. The van der Waals surface area contributed by atoms with E-state index in [4.69, 9.17) is 0 Å². The van der Waals surface area contributed by atoms with E-state index in [0.717, 1.165) is 6.54 Å². The molecule has 0 fully saturated rings. The van der Waals surface area contributed by atoms with Gasteiger partial charge in [-0.1, -0.05) is 42.5 Å². The van der Waals surface area contributed by atoms with E-state index >= 15 is 0 Å². The van der Waals surface area contributed by atoms with E-state index in [0.29, 0.717) is 6.04 Å². The van der Waals surface area contributed by atoms with E-state index in [1.807, 2.05) is 11.7 Å². The zero-order chi connectivity index (χ0) is 13.1. The second-order valence-electron chi connectivity index (χ2n) is 4.64. The first kappa shape index (κ1) is 12.3. The van der Waals surface area contributed by atoms with Crippen LogP contribution in [0.2, 0.25) is 0 Å². The number of nitrogens with one attached hydrogen (secondary N) is 1. The molecule has 0 aliphatic carbocycles. The van der Waals surface area contributed by atoms with Gasteiger partial charge in [0, 0.05) is 23.7 Å². The molecular formula is C16H16N2S. The average molecular weight is 268 g/mol. The number of thiazole rings is 1. The van der Waals surface area contributed by atoms with Gasteiger partial charge in [0.1, 0.15) is 0 Å². The molecule has 3 aromatic rings. The fourth-order valence-electron chi connectivity index (χ4n) is 2.32. The number of hydrogen-bond donors (Lipinski definition) is 1. The van der Waals surface area contributed by atoms with Gasteiger partial charge in [-0.2, -0.15) is 0 Å². The third-order valence-electron chi connectivity index (χ3n) is 3.36. The molecule has 1 heterocycles. The molecule has 0 amide bonds. The number of nitrogens with zero attached hydrogens (tertiary/aromatic N) is 1. The van der Waals surface area contributed by atoms with E-state index in [2.05, 4.69) is 59.7 Å². The Kier molecular flexibility index (Phi) is 3.58. The molecule has 0 aliphatic heterocycles. The molecule has 1 aromatic heterocycles. The van der Waals surface area contributed by atoms with Crippen LogP contribution in [0.15, 0.2) is 54.2 Å². The Morgan fingerprint density at radius 3 is 2.84 bits per heavy atom. The summed E-state index contributed by atoms with van der Waals surface area (Å²) in [5.74, 6) is 0. The van der Waals surface area contributed by atoms with Gasteiger partial charge in [0.05, 0.1) is 5.51 Å². The molecular weight excluding hydrogens is 252 g/mol. The number of fused-ring (bicyclic) bond motifs is 1. The molecule has 3 rings (SSSR count). The van der Waals surface area contributed by atoms with E-state index < -0.39 is 0 Å². The van der Waals surface area contributed by atoms with Crippen molar-refractivity contribution in [3.63, 3.8) is 0 Å². The maximum absolute atomic E-state index is 4.10. The summed E-state index contributed by atoms with van der Waals surface area (Å²) in [6.45, 7) is 3.08. The molecule has 0 spiro atoms. The Morgan fingerprint density at radius 2 is 2.00 bits per heavy atom. The predicted octanol–water partition coefficient (Wildman–Crippen LogP) is 4.15. The number of hydrogen-bond acceptors (Lipinski definition) is 3. The van der Waals surface area contributed by atoms with Gasteiger partial charge in [-0.3, -0.25) is 4.98 Å². The fraction of sp³-hybridized carbons (Fsp3) is 0.188. The summed E-state index contributed by atoms with van der Waals surface area (Å²) in [5, 5.41) is 6.19. The minimum Gasteiger partial charge on any atom is -0.305 e. The molecule has 0 radical (unpaired) electrons. The highest BCUT2D eigenvalue weighted by atomic mass is 32.1. The normalized spacial score (nSPS) is 12.7. The molecule has 0 saturated heterocycles. The monoisotopic (exact) mass is 268 g/mol. The van der Waals surface area contributed by atoms with Gasteiger partial charge in [0.15, 0.2) is 0 Å². The van der Waals surface area contributed by atoms with Gasteiger partial charge < -0.3 is 5.32 Å². The van der Waals surface area contributed by atoms with Gasteiger partial charge >= 0.3 is 0 Å².